The van der Waals surface area contributed by atoms with Gasteiger partial charge in [-0.15, -0.1) is 0 Å². The Morgan fingerprint density at radius 1 is 1.12 bits per heavy atom. The molecule has 0 fully saturated rings. The van der Waals surface area contributed by atoms with Crippen LogP contribution in [-0.2, 0) is 10.2 Å². The lowest BCUT2D eigenvalue weighted by Gasteiger charge is -2.19. The smallest absolute Gasteiger partial charge is 0.270 e. The summed E-state index contributed by atoms with van der Waals surface area (Å²) >= 11 is 0. The maximum Gasteiger partial charge on any atom is 0.270 e. The van der Waals surface area contributed by atoms with E-state index in [1.807, 2.05) is 24.3 Å². The molecule has 0 heterocycles. The molecular formula is C20H24N2O4. The van der Waals surface area contributed by atoms with E-state index >= 15 is 0 Å². The summed E-state index contributed by atoms with van der Waals surface area (Å²) in [7, 11) is 0. The first-order valence-electron chi connectivity index (χ1n) is 8.37. The number of non-ortho nitro benzene ring substituents is 1. The van der Waals surface area contributed by atoms with Crippen molar-refractivity contribution in [3.63, 3.8) is 0 Å². The number of carbonyl (C=O) groups is 1. The number of ether oxygens (including phenoxy) is 1. The van der Waals surface area contributed by atoms with Crippen LogP contribution in [0.25, 0.3) is 0 Å². The van der Waals surface area contributed by atoms with E-state index in [4.69, 9.17) is 4.74 Å². The monoisotopic (exact) mass is 356 g/mol. The van der Waals surface area contributed by atoms with Crippen LogP contribution in [0.2, 0.25) is 0 Å². The average Bonchev–Trinajstić information content (AvgIpc) is 2.55. The van der Waals surface area contributed by atoms with Crippen molar-refractivity contribution in [1.82, 2.24) is 0 Å². The molecule has 0 aliphatic carbocycles. The predicted octanol–water partition coefficient (Wildman–Crippen LogP) is 4.53. The van der Waals surface area contributed by atoms with Crippen molar-refractivity contribution in [1.29, 1.82) is 0 Å². The second kappa shape index (κ2) is 7.56. The van der Waals surface area contributed by atoms with Gasteiger partial charge in [0.2, 0.25) is 0 Å². The SMILES string of the molecule is Cc1cc([N+](=O)[O-])cc(C)c1NC(=O)COc1ccc(C(C)(C)C)cc1. The molecule has 6 nitrogen and oxygen atoms in total. The third-order valence-electron chi connectivity index (χ3n) is 4.08. The number of nitro benzene ring substituents is 1. The number of nitro groups is 1. The van der Waals surface area contributed by atoms with Crippen molar-refractivity contribution in [3.05, 3.63) is 63.2 Å². The molecule has 1 N–H and O–H groups in total. The summed E-state index contributed by atoms with van der Waals surface area (Å²) in [6.07, 6.45) is 0. The van der Waals surface area contributed by atoms with Gasteiger partial charge in [-0.2, -0.15) is 0 Å². The van der Waals surface area contributed by atoms with E-state index in [9.17, 15) is 14.9 Å². The van der Waals surface area contributed by atoms with E-state index < -0.39 is 4.92 Å². The Kier molecular flexibility index (Phi) is 5.65. The molecule has 1 amide bonds. The van der Waals surface area contributed by atoms with Gasteiger partial charge in [0.15, 0.2) is 6.61 Å². The van der Waals surface area contributed by atoms with Crippen molar-refractivity contribution in [3.8, 4) is 5.75 Å². The highest BCUT2D eigenvalue weighted by atomic mass is 16.6. The summed E-state index contributed by atoms with van der Waals surface area (Å²) in [5.41, 5.74) is 3.10. The van der Waals surface area contributed by atoms with Gasteiger partial charge < -0.3 is 10.1 Å². The molecule has 26 heavy (non-hydrogen) atoms. The fourth-order valence-corrected chi connectivity index (χ4v) is 2.62. The van der Waals surface area contributed by atoms with Crippen molar-refractivity contribution >= 4 is 17.3 Å². The van der Waals surface area contributed by atoms with Crippen LogP contribution >= 0.6 is 0 Å². The van der Waals surface area contributed by atoms with Gasteiger partial charge in [0.1, 0.15) is 5.75 Å². The van der Waals surface area contributed by atoms with Gasteiger partial charge in [0, 0.05) is 17.8 Å². The third kappa shape index (κ3) is 4.81. The van der Waals surface area contributed by atoms with Crippen LogP contribution in [0.3, 0.4) is 0 Å². The second-order valence-corrected chi connectivity index (χ2v) is 7.32. The van der Waals surface area contributed by atoms with E-state index in [2.05, 4.69) is 26.1 Å². The van der Waals surface area contributed by atoms with Crippen molar-refractivity contribution in [2.75, 3.05) is 11.9 Å². The first-order valence-corrected chi connectivity index (χ1v) is 8.37. The van der Waals surface area contributed by atoms with Crippen molar-refractivity contribution < 1.29 is 14.5 Å². The number of anilines is 1. The molecule has 2 aromatic carbocycles. The number of nitrogens with one attached hydrogen (secondary N) is 1. The predicted molar refractivity (Wildman–Crippen MR) is 102 cm³/mol. The Morgan fingerprint density at radius 3 is 2.12 bits per heavy atom. The molecule has 0 atom stereocenters. The highest BCUT2D eigenvalue weighted by molar-refractivity contribution is 5.93. The van der Waals surface area contributed by atoms with E-state index in [1.54, 1.807) is 13.8 Å². The number of benzene rings is 2. The number of hydrogen-bond donors (Lipinski definition) is 1. The van der Waals surface area contributed by atoms with E-state index in [-0.39, 0.29) is 23.6 Å². The minimum atomic E-state index is -0.448. The summed E-state index contributed by atoms with van der Waals surface area (Å²) in [5.74, 6) is 0.301. The summed E-state index contributed by atoms with van der Waals surface area (Å²) in [6.45, 7) is 9.70. The van der Waals surface area contributed by atoms with E-state index in [1.165, 1.54) is 17.7 Å². The zero-order valence-electron chi connectivity index (χ0n) is 15.8. The number of amides is 1. The van der Waals surface area contributed by atoms with Crippen LogP contribution < -0.4 is 10.1 Å². The zero-order valence-corrected chi connectivity index (χ0v) is 15.8. The molecule has 0 spiro atoms. The molecular weight excluding hydrogens is 332 g/mol. The molecule has 138 valence electrons. The van der Waals surface area contributed by atoms with Crippen LogP contribution in [0.15, 0.2) is 36.4 Å². The molecule has 2 rings (SSSR count). The number of aryl methyl sites for hydroxylation is 2. The minimum absolute atomic E-state index is 0.00758. The van der Waals surface area contributed by atoms with Gasteiger partial charge in [-0.3, -0.25) is 14.9 Å². The second-order valence-electron chi connectivity index (χ2n) is 7.32. The summed E-state index contributed by atoms with van der Waals surface area (Å²) in [4.78, 5) is 22.6. The van der Waals surface area contributed by atoms with Gasteiger partial charge in [0.25, 0.3) is 11.6 Å². The largest absolute Gasteiger partial charge is 0.484 e. The molecule has 0 radical (unpaired) electrons. The topological polar surface area (TPSA) is 81.5 Å². The Balaban J connectivity index is 2.00. The number of carbonyl (C=O) groups excluding carboxylic acids is 1. The molecule has 2 aromatic rings. The van der Waals surface area contributed by atoms with Gasteiger partial charge in [0.05, 0.1) is 4.92 Å². The van der Waals surface area contributed by atoms with E-state index in [0.717, 1.165) is 0 Å². The van der Waals surface area contributed by atoms with Crippen LogP contribution in [-0.4, -0.2) is 17.4 Å². The highest BCUT2D eigenvalue weighted by Crippen LogP contribution is 2.26. The van der Waals surface area contributed by atoms with Crippen LogP contribution in [0.1, 0.15) is 37.5 Å². The number of hydrogen-bond acceptors (Lipinski definition) is 4. The third-order valence-corrected chi connectivity index (χ3v) is 4.08. The van der Waals surface area contributed by atoms with Gasteiger partial charge >= 0.3 is 0 Å². The Hall–Kier alpha value is -2.89. The summed E-state index contributed by atoms with van der Waals surface area (Å²) in [6, 6.07) is 10.5. The lowest BCUT2D eigenvalue weighted by atomic mass is 9.87. The van der Waals surface area contributed by atoms with Crippen molar-refractivity contribution in [2.24, 2.45) is 0 Å². The molecule has 0 aromatic heterocycles. The first kappa shape index (κ1) is 19.4. The zero-order chi connectivity index (χ0) is 19.5. The maximum absolute atomic E-state index is 12.2. The molecule has 0 aliphatic heterocycles. The molecule has 0 saturated heterocycles. The fraction of sp³-hybridized carbons (Fsp3) is 0.350. The Bertz CT molecular complexity index is 798. The molecule has 0 unspecified atom stereocenters. The highest BCUT2D eigenvalue weighted by Gasteiger charge is 2.15. The number of nitrogens with zero attached hydrogens (tertiary/aromatic N) is 1. The molecule has 0 aliphatic rings. The average molecular weight is 356 g/mol. The van der Waals surface area contributed by atoms with Crippen LogP contribution in [0.5, 0.6) is 5.75 Å². The maximum atomic E-state index is 12.2. The van der Waals surface area contributed by atoms with E-state index in [0.29, 0.717) is 22.6 Å². The summed E-state index contributed by atoms with van der Waals surface area (Å²) in [5, 5.41) is 13.6. The Morgan fingerprint density at radius 2 is 1.65 bits per heavy atom. The fourth-order valence-electron chi connectivity index (χ4n) is 2.62. The minimum Gasteiger partial charge on any atom is -0.484 e. The number of rotatable bonds is 5. The van der Waals surface area contributed by atoms with Crippen LogP contribution in [0.4, 0.5) is 11.4 Å². The molecule has 0 saturated carbocycles. The normalized spacial score (nSPS) is 11.1. The molecule has 6 heteroatoms. The lowest BCUT2D eigenvalue weighted by molar-refractivity contribution is -0.384. The standard InChI is InChI=1S/C20H24N2O4/c1-13-10-16(22(24)25)11-14(2)19(13)21-18(23)12-26-17-8-6-15(7-9-17)20(3,4)5/h6-11H,12H2,1-5H3,(H,21,23). The van der Waals surface area contributed by atoms with Gasteiger partial charge in [-0.25, -0.2) is 0 Å². The van der Waals surface area contributed by atoms with Gasteiger partial charge in [-0.1, -0.05) is 32.9 Å². The lowest BCUT2D eigenvalue weighted by Crippen LogP contribution is -2.21. The Labute approximate surface area is 153 Å². The quantitative estimate of drug-likeness (QED) is 0.630. The summed E-state index contributed by atoms with van der Waals surface area (Å²) < 4.78 is 5.53. The van der Waals surface area contributed by atoms with Crippen molar-refractivity contribution in [2.45, 2.75) is 40.0 Å². The van der Waals surface area contributed by atoms with Crippen LogP contribution in [0, 0.1) is 24.0 Å². The van der Waals surface area contributed by atoms with Gasteiger partial charge in [-0.05, 0) is 48.1 Å². The first-order chi connectivity index (χ1) is 12.1. The molecule has 0 bridgehead atoms.